The van der Waals surface area contributed by atoms with Crippen molar-refractivity contribution in [3.63, 3.8) is 0 Å². The van der Waals surface area contributed by atoms with Gasteiger partial charge in [0.25, 0.3) is 0 Å². The second-order valence-corrected chi connectivity index (χ2v) is 4.19. The summed E-state index contributed by atoms with van der Waals surface area (Å²) < 4.78 is 0. The van der Waals surface area contributed by atoms with Crippen LogP contribution in [0.1, 0.15) is 16.8 Å². The third kappa shape index (κ3) is 1.96. The summed E-state index contributed by atoms with van der Waals surface area (Å²) in [5.41, 5.74) is 3.90. The Morgan fingerprint density at radius 1 is 1.38 bits per heavy atom. The molecule has 1 heterocycles. The van der Waals surface area contributed by atoms with E-state index in [0.717, 1.165) is 11.1 Å². The number of hydrogen-bond acceptors (Lipinski definition) is 2. The minimum atomic E-state index is -0.128. The quantitative estimate of drug-likeness (QED) is 0.843. The molecule has 1 aromatic carbocycles. The number of aromatic nitrogens is 2. The lowest BCUT2D eigenvalue weighted by Crippen LogP contribution is -1.87. The number of imidazole rings is 1. The maximum Gasteiger partial charge on any atom is 0.153 e. The van der Waals surface area contributed by atoms with E-state index in [2.05, 4.69) is 16.0 Å². The summed E-state index contributed by atoms with van der Waals surface area (Å²) in [7, 11) is 0. The van der Waals surface area contributed by atoms with Crippen LogP contribution >= 0.6 is 11.6 Å². The van der Waals surface area contributed by atoms with E-state index in [1.54, 1.807) is 0 Å². The lowest BCUT2D eigenvalue weighted by molar-refractivity contribution is 0.277. The van der Waals surface area contributed by atoms with Crippen LogP contribution in [-0.2, 0) is 6.61 Å². The highest BCUT2D eigenvalue weighted by Gasteiger charge is 2.10. The molecule has 0 unspecified atom stereocenters. The number of aromatic amines is 1. The van der Waals surface area contributed by atoms with Crippen LogP contribution in [0.3, 0.4) is 0 Å². The molecule has 0 saturated heterocycles. The molecule has 0 spiro atoms. The molecule has 16 heavy (non-hydrogen) atoms. The molecule has 3 nitrogen and oxygen atoms in total. The van der Waals surface area contributed by atoms with Gasteiger partial charge >= 0.3 is 0 Å². The molecule has 0 bridgehead atoms. The van der Waals surface area contributed by atoms with Gasteiger partial charge in [-0.3, -0.25) is 0 Å². The first-order valence-corrected chi connectivity index (χ1v) is 5.42. The van der Waals surface area contributed by atoms with Gasteiger partial charge in [0.15, 0.2) is 5.15 Å². The van der Waals surface area contributed by atoms with Gasteiger partial charge < -0.3 is 10.1 Å². The molecule has 0 atom stereocenters. The molecule has 0 amide bonds. The van der Waals surface area contributed by atoms with Crippen molar-refractivity contribution in [2.45, 2.75) is 20.5 Å². The molecular formula is C12H13ClN2O. The molecule has 1 aromatic heterocycles. The van der Waals surface area contributed by atoms with E-state index in [0.29, 0.717) is 16.7 Å². The minimum Gasteiger partial charge on any atom is -0.390 e. The van der Waals surface area contributed by atoms with E-state index >= 15 is 0 Å². The van der Waals surface area contributed by atoms with Crippen LogP contribution in [0, 0.1) is 13.8 Å². The smallest absolute Gasteiger partial charge is 0.153 e. The monoisotopic (exact) mass is 236 g/mol. The Morgan fingerprint density at radius 3 is 2.69 bits per heavy atom. The molecule has 0 aliphatic heterocycles. The molecule has 2 rings (SSSR count). The van der Waals surface area contributed by atoms with Gasteiger partial charge in [-0.05, 0) is 19.4 Å². The van der Waals surface area contributed by atoms with Gasteiger partial charge in [-0.1, -0.05) is 35.4 Å². The number of nitrogens with zero attached hydrogens (tertiary/aromatic N) is 1. The number of halogens is 1. The summed E-state index contributed by atoms with van der Waals surface area (Å²) in [5.74, 6) is 0.701. The van der Waals surface area contributed by atoms with E-state index < -0.39 is 0 Å². The van der Waals surface area contributed by atoms with Crippen LogP contribution in [0.2, 0.25) is 5.15 Å². The highest BCUT2D eigenvalue weighted by atomic mass is 35.5. The Balaban J connectivity index is 2.50. The minimum absolute atomic E-state index is 0.128. The first-order valence-electron chi connectivity index (χ1n) is 5.04. The van der Waals surface area contributed by atoms with Gasteiger partial charge in [0.05, 0.1) is 12.3 Å². The van der Waals surface area contributed by atoms with Crippen molar-refractivity contribution in [3.8, 4) is 11.4 Å². The Labute approximate surface area is 99.1 Å². The molecule has 2 N–H and O–H groups in total. The molecular weight excluding hydrogens is 224 g/mol. The molecule has 2 aromatic rings. The number of H-pyrrole nitrogens is 1. The van der Waals surface area contributed by atoms with Gasteiger partial charge in [-0.2, -0.15) is 0 Å². The van der Waals surface area contributed by atoms with Crippen molar-refractivity contribution >= 4 is 11.6 Å². The summed E-state index contributed by atoms with van der Waals surface area (Å²) in [6, 6.07) is 6.11. The summed E-state index contributed by atoms with van der Waals surface area (Å²) in [5, 5.41) is 9.37. The number of aliphatic hydroxyl groups excluding tert-OH is 1. The van der Waals surface area contributed by atoms with Crippen LogP contribution in [0.5, 0.6) is 0 Å². The topological polar surface area (TPSA) is 48.9 Å². The van der Waals surface area contributed by atoms with E-state index in [1.165, 1.54) is 5.56 Å². The number of nitrogens with one attached hydrogen (secondary N) is 1. The average Bonchev–Trinajstić information content (AvgIpc) is 2.59. The third-order valence-electron chi connectivity index (χ3n) is 2.52. The molecule has 0 fully saturated rings. The van der Waals surface area contributed by atoms with Crippen molar-refractivity contribution in [2.75, 3.05) is 0 Å². The second kappa shape index (κ2) is 4.28. The molecule has 0 radical (unpaired) electrons. The third-order valence-corrected chi connectivity index (χ3v) is 2.84. The molecule has 4 heteroatoms. The highest BCUT2D eigenvalue weighted by Crippen LogP contribution is 2.24. The molecule has 0 aliphatic rings. The van der Waals surface area contributed by atoms with Crippen LogP contribution < -0.4 is 0 Å². The summed E-state index contributed by atoms with van der Waals surface area (Å²) >= 11 is 5.88. The van der Waals surface area contributed by atoms with Crippen LogP contribution in [-0.4, -0.2) is 15.1 Å². The van der Waals surface area contributed by atoms with Crippen molar-refractivity contribution in [1.29, 1.82) is 0 Å². The first kappa shape index (κ1) is 11.2. The van der Waals surface area contributed by atoms with Gasteiger partial charge in [-0.25, -0.2) is 4.98 Å². The number of hydrogen-bond donors (Lipinski definition) is 2. The zero-order chi connectivity index (χ0) is 11.7. The fraction of sp³-hybridized carbons (Fsp3) is 0.250. The maximum absolute atomic E-state index is 9.04. The Bertz CT molecular complexity index is 520. The number of aliphatic hydroxyl groups is 1. The van der Waals surface area contributed by atoms with Crippen molar-refractivity contribution in [2.24, 2.45) is 0 Å². The summed E-state index contributed by atoms with van der Waals surface area (Å²) in [6.45, 7) is 3.94. The van der Waals surface area contributed by atoms with E-state index in [4.69, 9.17) is 16.7 Å². The largest absolute Gasteiger partial charge is 0.390 e. The van der Waals surface area contributed by atoms with E-state index in [9.17, 15) is 0 Å². The summed E-state index contributed by atoms with van der Waals surface area (Å²) in [4.78, 5) is 7.21. The van der Waals surface area contributed by atoms with Gasteiger partial charge in [0.1, 0.15) is 5.82 Å². The average molecular weight is 237 g/mol. The second-order valence-electron chi connectivity index (χ2n) is 3.83. The predicted molar refractivity (Wildman–Crippen MR) is 64.4 cm³/mol. The molecule has 0 saturated carbocycles. The summed E-state index contributed by atoms with van der Waals surface area (Å²) in [6.07, 6.45) is 0. The van der Waals surface area contributed by atoms with Crippen LogP contribution in [0.4, 0.5) is 0 Å². The van der Waals surface area contributed by atoms with E-state index in [1.807, 2.05) is 26.0 Å². The fourth-order valence-corrected chi connectivity index (χ4v) is 1.89. The normalized spacial score (nSPS) is 10.8. The first-order chi connectivity index (χ1) is 7.61. The van der Waals surface area contributed by atoms with Crippen molar-refractivity contribution in [3.05, 3.63) is 40.2 Å². The van der Waals surface area contributed by atoms with E-state index in [-0.39, 0.29) is 6.61 Å². The lowest BCUT2D eigenvalue weighted by Gasteiger charge is -2.03. The fourth-order valence-electron chi connectivity index (χ4n) is 1.70. The number of aryl methyl sites for hydroxylation is 2. The molecule has 0 aliphatic carbocycles. The zero-order valence-corrected chi connectivity index (χ0v) is 9.97. The van der Waals surface area contributed by atoms with Gasteiger partial charge in [0.2, 0.25) is 0 Å². The Hall–Kier alpha value is -1.32. The maximum atomic E-state index is 9.04. The lowest BCUT2D eigenvalue weighted by atomic mass is 10.1. The van der Waals surface area contributed by atoms with Crippen LogP contribution in [0.15, 0.2) is 18.2 Å². The number of benzene rings is 1. The molecule has 84 valence electrons. The van der Waals surface area contributed by atoms with Crippen molar-refractivity contribution in [1.82, 2.24) is 9.97 Å². The predicted octanol–water partition coefficient (Wildman–Crippen LogP) is 2.84. The Kier molecular flexibility index (Phi) is 2.99. The van der Waals surface area contributed by atoms with Crippen LogP contribution in [0.25, 0.3) is 11.4 Å². The Morgan fingerprint density at radius 2 is 2.12 bits per heavy atom. The number of rotatable bonds is 2. The van der Waals surface area contributed by atoms with Crippen molar-refractivity contribution < 1.29 is 5.11 Å². The highest BCUT2D eigenvalue weighted by molar-refractivity contribution is 6.30. The zero-order valence-electron chi connectivity index (χ0n) is 9.21. The standard InChI is InChI=1S/C12H13ClN2O/c1-7-3-4-9(8(2)5-7)12-14-10(6-16)11(13)15-12/h3-5,16H,6H2,1-2H3,(H,14,15). The van der Waals surface area contributed by atoms with Gasteiger partial charge in [0, 0.05) is 5.56 Å². The van der Waals surface area contributed by atoms with Gasteiger partial charge in [-0.15, -0.1) is 0 Å². The SMILES string of the molecule is Cc1ccc(-c2nc(Cl)c(CO)[nH]2)c(C)c1.